The molecule has 0 atom stereocenters. The highest BCUT2D eigenvalue weighted by molar-refractivity contribution is 5.75. The van der Waals surface area contributed by atoms with Gasteiger partial charge in [0.1, 0.15) is 0 Å². The molecule has 0 aromatic heterocycles. The highest BCUT2D eigenvalue weighted by atomic mass is 27.0. The van der Waals surface area contributed by atoms with Gasteiger partial charge in [-0.1, -0.05) is 38.1 Å². The van der Waals surface area contributed by atoms with Crippen LogP contribution in [0.5, 0.6) is 0 Å². The zero-order chi connectivity index (χ0) is 7.40. The summed E-state index contributed by atoms with van der Waals surface area (Å²) in [4.78, 5) is 0. The maximum absolute atomic E-state index is 2.21. The molecule has 1 heteroatoms. The van der Waals surface area contributed by atoms with Crippen molar-refractivity contribution >= 4 is 17.4 Å². The predicted molar refractivity (Wildman–Crippen MR) is 51.0 cm³/mol. The molecule has 0 saturated heterocycles. The van der Waals surface area contributed by atoms with Gasteiger partial charge in [0, 0.05) is 17.4 Å². The zero-order valence-electron chi connectivity index (χ0n) is 7.30. The largest absolute Gasteiger partial charge is 0.0620 e. The lowest BCUT2D eigenvalue weighted by Crippen LogP contribution is -1.88. The van der Waals surface area contributed by atoms with Crippen LogP contribution in [0.3, 0.4) is 0 Å². The fourth-order valence-electron chi connectivity index (χ4n) is 1.25. The third-order valence-electron chi connectivity index (χ3n) is 1.88. The minimum Gasteiger partial charge on any atom is -0.0620 e. The van der Waals surface area contributed by atoms with E-state index in [0.29, 0.717) is 0 Å². The molecule has 11 heavy (non-hydrogen) atoms. The summed E-state index contributed by atoms with van der Waals surface area (Å²) in [5.41, 5.74) is 2.98. The molecule has 1 aromatic carbocycles. The van der Waals surface area contributed by atoms with E-state index >= 15 is 0 Å². The van der Waals surface area contributed by atoms with Crippen molar-refractivity contribution in [3.05, 3.63) is 35.4 Å². The third-order valence-corrected chi connectivity index (χ3v) is 1.88. The molecule has 0 saturated carbocycles. The molecule has 0 heterocycles. The van der Waals surface area contributed by atoms with E-state index in [0.717, 1.165) is 12.8 Å². The Morgan fingerprint density at radius 1 is 0.909 bits per heavy atom. The SMILES string of the molecule is CCc1ccccc1CC.[Al]. The molecule has 0 bridgehead atoms. The van der Waals surface area contributed by atoms with Crippen LogP contribution in [0.4, 0.5) is 0 Å². The van der Waals surface area contributed by atoms with Gasteiger partial charge >= 0.3 is 0 Å². The van der Waals surface area contributed by atoms with Crippen molar-refractivity contribution < 1.29 is 0 Å². The fraction of sp³-hybridized carbons (Fsp3) is 0.400. The standard InChI is InChI=1S/C10H14.Al/c1-3-9-7-5-6-8-10(9)4-2;/h5-8H,3-4H2,1-2H3;. The smallest absolute Gasteiger partial charge is 0 e. The Hall–Kier alpha value is -0.248. The van der Waals surface area contributed by atoms with Crippen LogP contribution in [0.1, 0.15) is 25.0 Å². The molecular formula is C10H14Al. The van der Waals surface area contributed by atoms with Gasteiger partial charge in [-0.25, -0.2) is 0 Å². The fourth-order valence-corrected chi connectivity index (χ4v) is 1.25. The molecule has 57 valence electrons. The first-order valence-corrected chi connectivity index (χ1v) is 3.95. The van der Waals surface area contributed by atoms with E-state index in [4.69, 9.17) is 0 Å². The van der Waals surface area contributed by atoms with Crippen molar-refractivity contribution in [1.29, 1.82) is 0 Å². The lowest BCUT2D eigenvalue weighted by atomic mass is 10.0. The summed E-state index contributed by atoms with van der Waals surface area (Å²) in [5.74, 6) is 0. The molecular weight excluding hydrogens is 147 g/mol. The van der Waals surface area contributed by atoms with Gasteiger partial charge in [0.15, 0.2) is 0 Å². The molecule has 0 amide bonds. The van der Waals surface area contributed by atoms with Gasteiger partial charge in [0.25, 0.3) is 0 Å². The summed E-state index contributed by atoms with van der Waals surface area (Å²) >= 11 is 0. The van der Waals surface area contributed by atoms with Crippen LogP contribution in [-0.2, 0) is 12.8 Å². The molecule has 0 spiro atoms. The molecule has 0 aliphatic rings. The number of rotatable bonds is 2. The Bertz CT molecular complexity index is 183. The van der Waals surface area contributed by atoms with Gasteiger partial charge < -0.3 is 0 Å². The molecule has 1 aromatic rings. The van der Waals surface area contributed by atoms with E-state index in [1.807, 2.05) is 0 Å². The van der Waals surface area contributed by atoms with E-state index in [1.54, 1.807) is 0 Å². The van der Waals surface area contributed by atoms with Crippen LogP contribution >= 0.6 is 0 Å². The molecule has 0 aliphatic carbocycles. The second kappa shape index (κ2) is 5.41. The average molecular weight is 161 g/mol. The van der Waals surface area contributed by atoms with Crippen molar-refractivity contribution in [3.8, 4) is 0 Å². The first kappa shape index (κ1) is 10.8. The van der Waals surface area contributed by atoms with Crippen LogP contribution in [0, 0.1) is 0 Å². The Balaban J connectivity index is 0.000001000. The summed E-state index contributed by atoms with van der Waals surface area (Å²) in [6.45, 7) is 4.41. The van der Waals surface area contributed by atoms with E-state index in [9.17, 15) is 0 Å². The molecule has 3 radical (unpaired) electrons. The maximum atomic E-state index is 2.21. The van der Waals surface area contributed by atoms with Crippen molar-refractivity contribution in [2.45, 2.75) is 26.7 Å². The number of benzene rings is 1. The van der Waals surface area contributed by atoms with E-state index in [1.165, 1.54) is 11.1 Å². The zero-order valence-corrected chi connectivity index (χ0v) is 8.46. The molecule has 1 rings (SSSR count). The van der Waals surface area contributed by atoms with Crippen LogP contribution in [0.15, 0.2) is 24.3 Å². The first-order valence-electron chi connectivity index (χ1n) is 3.95. The lowest BCUT2D eigenvalue weighted by Gasteiger charge is -2.02. The van der Waals surface area contributed by atoms with Gasteiger partial charge in [-0.3, -0.25) is 0 Å². The van der Waals surface area contributed by atoms with Crippen LogP contribution in [0.25, 0.3) is 0 Å². The summed E-state index contributed by atoms with van der Waals surface area (Å²) in [7, 11) is 0. The van der Waals surface area contributed by atoms with E-state index in [-0.39, 0.29) is 17.4 Å². The van der Waals surface area contributed by atoms with Crippen LogP contribution < -0.4 is 0 Å². The third kappa shape index (κ3) is 2.69. The molecule has 0 aliphatic heterocycles. The number of hydrogen-bond donors (Lipinski definition) is 0. The topological polar surface area (TPSA) is 0 Å². The van der Waals surface area contributed by atoms with Crippen molar-refractivity contribution in [2.75, 3.05) is 0 Å². The van der Waals surface area contributed by atoms with Crippen molar-refractivity contribution in [1.82, 2.24) is 0 Å². The monoisotopic (exact) mass is 161 g/mol. The van der Waals surface area contributed by atoms with E-state index < -0.39 is 0 Å². The normalized spacial score (nSPS) is 8.91. The van der Waals surface area contributed by atoms with E-state index in [2.05, 4.69) is 38.1 Å². The average Bonchev–Trinajstić information content (AvgIpc) is 2.04. The second-order valence-electron chi connectivity index (χ2n) is 2.48. The summed E-state index contributed by atoms with van der Waals surface area (Å²) in [6.07, 6.45) is 2.31. The summed E-state index contributed by atoms with van der Waals surface area (Å²) < 4.78 is 0. The highest BCUT2D eigenvalue weighted by Gasteiger charge is 1.93. The lowest BCUT2D eigenvalue weighted by molar-refractivity contribution is 1.04. The van der Waals surface area contributed by atoms with Gasteiger partial charge in [-0.2, -0.15) is 0 Å². The minimum atomic E-state index is 0. The van der Waals surface area contributed by atoms with Gasteiger partial charge in [0.05, 0.1) is 0 Å². The molecule has 0 N–H and O–H groups in total. The van der Waals surface area contributed by atoms with Crippen molar-refractivity contribution in [3.63, 3.8) is 0 Å². The maximum Gasteiger partial charge on any atom is 0 e. The Kier molecular flexibility index (Phi) is 5.29. The predicted octanol–water partition coefficient (Wildman–Crippen LogP) is 2.43. The Labute approximate surface area is 79.8 Å². The first-order chi connectivity index (χ1) is 4.88. The minimum absolute atomic E-state index is 0. The van der Waals surface area contributed by atoms with Crippen LogP contribution in [0.2, 0.25) is 0 Å². The molecule has 0 fully saturated rings. The highest BCUT2D eigenvalue weighted by Crippen LogP contribution is 2.08. The van der Waals surface area contributed by atoms with Gasteiger partial charge in [-0.15, -0.1) is 0 Å². The number of aryl methyl sites for hydroxylation is 2. The molecule has 0 unspecified atom stereocenters. The quantitative estimate of drug-likeness (QED) is 0.584. The second-order valence-corrected chi connectivity index (χ2v) is 2.48. The van der Waals surface area contributed by atoms with Gasteiger partial charge in [0.2, 0.25) is 0 Å². The summed E-state index contributed by atoms with van der Waals surface area (Å²) in [6, 6.07) is 8.63. The Morgan fingerprint density at radius 3 is 1.55 bits per heavy atom. The molecule has 0 nitrogen and oxygen atoms in total. The van der Waals surface area contributed by atoms with Crippen LogP contribution in [-0.4, -0.2) is 17.4 Å². The Morgan fingerprint density at radius 2 is 1.27 bits per heavy atom. The summed E-state index contributed by atoms with van der Waals surface area (Å²) in [5, 5.41) is 0. The van der Waals surface area contributed by atoms with Gasteiger partial charge in [-0.05, 0) is 24.0 Å². The van der Waals surface area contributed by atoms with Crippen molar-refractivity contribution in [2.24, 2.45) is 0 Å². The number of hydrogen-bond acceptors (Lipinski definition) is 0.